The van der Waals surface area contributed by atoms with Crippen molar-refractivity contribution >= 4 is 11.8 Å². The van der Waals surface area contributed by atoms with Crippen LogP contribution in [0.5, 0.6) is 0 Å². The number of aryl methyl sites for hydroxylation is 1. The molecule has 6 nitrogen and oxygen atoms in total. The van der Waals surface area contributed by atoms with Crippen LogP contribution < -0.4 is 5.73 Å². The normalized spacial score (nSPS) is 19.4. The van der Waals surface area contributed by atoms with Gasteiger partial charge in [-0.25, -0.2) is 9.78 Å². The molecule has 0 radical (unpaired) electrons. The van der Waals surface area contributed by atoms with Crippen molar-refractivity contribution in [2.75, 3.05) is 26.1 Å². The van der Waals surface area contributed by atoms with E-state index in [9.17, 15) is 4.79 Å². The predicted octanol–water partition coefficient (Wildman–Crippen LogP) is 1.24. The predicted molar refractivity (Wildman–Crippen MR) is 70.9 cm³/mol. The number of hydrogen-bond donors (Lipinski definition) is 1. The summed E-state index contributed by atoms with van der Waals surface area (Å²) in [6.07, 6.45) is 2.92. The number of ether oxygens (including phenoxy) is 2. The lowest BCUT2D eigenvalue weighted by Crippen LogP contribution is -2.23. The molecule has 6 heteroatoms. The van der Waals surface area contributed by atoms with Gasteiger partial charge in [-0.1, -0.05) is 6.92 Å². The Hall–Kier alpha value is -1.56. The Labute approximate surface area is 112 Å². The number of hydrogen-bond acceptors (Lipinski definition) is 5. The van der Waals surface area contributed by atoms with Gasteiger partial charge in [0.25, 0.3) is 0 Å². The van der Waals surface area contributed by atoms with Crippen LogP contribution in [0.2, 0.25) is 0 Å². The van der Waals surface area contributed by atoms with Crippen molar-refractivity contribution in [3.8, 4) is 0 Å². The molecule has 1 atom stereocenters. The molecule has 0 aliphatic carbocycles. The van der Waals surface area contributed by atoms with Crippen molar-refractivity contribution in [1.82, 2.24) is 9.55 Å². The van der Waals surface area contributed by atoms with Gasteiger partial charge in [-0.05, 0) is 12.8 Å². The van der Waals surface area contributed by atoms with E-state index < -0.39 is 5.97 Å². The van der Waals surface area contributed by atoms with Crippen LogP contribution in [0.1, 0.15) is 36.1 Å². The number of rotatable bonds is 4. The first kappa shape index (κ1) is 13.9. The van der Waals surface area contributed by atoms with Crippen LogP contribution in [0.4, 0.5) is 5.82 Å². The van der Waals surface area contributed by atoms with Crippen LogP contribution in [0.3, 0.4) is 0 Å². The second-order valence-corrected chi connectivity index (χ2v) is 4.80. The zero-order valence-electron chi connectivity index (χ0n) is 11.5. The fraction of sp³-hybridized carbons (Fsp3) is 0.692. The number of carbonyl (C=O) groups excluding carboxylic acids is 1. The van der Waals surface area contributed by atoms with Gasteiger partial charge in [-0.3, -0.25) is 0 Å². The smallest absolute Gasteiger partial charge is 0.360 e. The molecule has 1 aliphatic rings. The van der Waals surface area contributed by atoms with E-state index >= 15 is 0 Å². The number of nitrogen functional groups attached to an aromatic ring is 1. The number of imidazole rings is 1. The average molecular weight is 267 g/mol. The summed E-state index contributed by atoms with van der Waals surface area (Å²) in [5.41, 5.74) is 6.25. The van der Waals surface area contributed by atoms with Crippen LogP contribution in [-0.4, -0.2) is 35.8 Å². The van der Waals surface area contributed by atoms with Gasteiger partial charge in [0.2, 0.25) is 0 Å². The molecule has 1 aliphatic heterocycles. The highest BCUT2D eigenvalue weighted by Crippen LogP contribution is 2.22. The maximum atomic E-state index is 11.6. The number of nitrogens with zero attached hydrogens (tertiary/aromatic N) is 2. The first-order chi connectivity index (χ1) is 9.17. The highest BCUT2D eigenvalue weighted by Gasteiger charge is 2.23. The Morgan fingerprint density at radius 3 is 3.00 bits per heavy atom. The number of anilines is 1. The van der Waals surface area contributed by atoms with E-state index in [-0.39, 0.29) is 5.69 Å². The fourth-order valence-corrected chi connectivity index (χ4v) is 2.44. The van der Waals surface area contributed by atoms with E-state index in [4.69, 9.17) is 15.2 Å². The van der Waals surface area contributed by atoms with Gasteiger partial charge in [0.1, 0.15) is 11.6 Å². The minimum atomic E-state index is -0.481. The number of esters is 1. The minimum absolute atomic E-state index is 0.219. The van der Waals surface area contributed by atoms with Crippen LogP contribution in [-0.2, 0) is 22.4 Å². The molecule has 2 rings (SSSR count). The van der Waals surface area contributed by atoms with Crippen LogP contribution in [0.25, 0.3) is 0 Å². The number of aromatic nitrogens is 2. The molecule has 0 amide bonds. The third kappa shape index (κ3) is 2.89. The van der Waals surface area contributed by atoms with Crippen LogP contribution in [0, 0.1) is 5.92 Å². The van der Waals surface area contributed by atoms with E-state index in [1.807, 2.05) is 11.5 Å². The average Bonchev–Trinajstić information content (AvgIpc) is 2.76. The van der Waals surface area contributed by atoms with Crippen molar-refractivity contribution in [1.29, 1.82) is 0 Å². The molecule has 0 spiro atoms. The summed E-state index contributed by atoms with van der Waals surface area (Å²) < 4.78 is 12.1. The highest BCUT2D eigenvalue weighted by molar-refractivity contribution is 5.92. The molecular formula is C13H21N3O3. The van der Waals surface area contributed by atoms with Crippen molar-refractivity contribution in [2.24, 2.45) is 5.92 Å². The van der Waals surface area contributed by atoms with Gasteiger partial charge < -0.3 is 19.8 Å². The van der Waals surface area contributed by atoms with E-state index in [1.165, 1.54) is 7.11 Å². The highest BCUT2D eigenvalue weighted by atomic mass is 16.5. The molecule has 0 saturated carbocycles. The van der Waals surface area contributed by atoms with Gasteiger partial charge in [0.05, 0.1) is 13.7 Å². The van der Waals surface area contributed by atoms with Crippen LogP contribution >= 0.6 is 0 Å². The lowest BCUT2D eigenvalue weighted by Gasteiger charge is -2.23. The molecule has 1 aromatic rings. The van der Waals surface area contributed by atoms with Crippen molar-refractivity contribution in [3.05, 3.63) is 11.5 Å². The first-order valence-electron chi connectivity index (χ1n) is 6.68. The molecule has 1 unspecified atom stereocenters. The SMILES string of the molecule is CCc1nc(C(=O)OC)c(N)n1CC1CCCOC1. The van der Waals surface area contributed by atoms with E-state index in [1.54, 1.807) is 0 Å². The first-order valence-corrected chi connectivity index (χ1v) is 6.68. The van der Waals surface area contributed by atoms with Crippen molar-refractivity contribution < 1.29 is 14.3 Å². The molecule has 1 fully saturated rings. The summed E-state index contributed by atoms with van der Waals surface area (Å²) in [5, 5.41) is 0. The summed E-state index contributed by atoms with van der Waals surface area (Å²) in [4.78, 5) is 15.9. The minimum Gasteiger partial charge on any atom is -0.464 e. The molecule has 1 aromatic heterocycles. The molecule has 0 bridgehead atoms. The van der Waals surface area contributed by atoms with Gasteiger partial charge in [0.15, 0.2) is 5.69 Å². The summed E-state index contributed by atoms with van der Waals surface area (Å²) in [5.74, 6) is 1.17. The Morgan fingerprint density at radius 2 is 2.42 bits per heavy atom. The number of carbonyl (C=O) groups is 1. The molecule has 1 saturated heterocycles. The lowest BCUT2D eigenvalue weighted by atomic mass is 10.0. The second-order valence-electron chi connectivity index (χ2n) is 4.80. The number of nitrogens with two attached hydrogens (primary N) is 1. The van der Waals surface area contributed by atoms with Crippen molar-refractivity contribution in [2.45, 2.75) is 32.7 Å². The lowest BCUT2D eigenvalue weighted by molar-refractivity contribution is 0.0483. The molecule has 0 aromatic carbocycles. The molecule has 2 heterocycles. The monoisotopic (exact) mass is 267 g/mol. The third-order valence-corrected chi connectivity index (χ3v) is 3.48. The summed E-state index contributed by atoms with van der Waals surface area (Å²) >= 11 is 0. The van der Waals surface area contributed by atoms with Crippen molar-refractivity contribution in [3.63, 3.8) is 0 Å². The summed E-state index contributed by atoms with van der Waals surface area (Å²) in [6, 6.07) is 0. The van der Waals surface area contributed by atoms with Gasteiger partial charge in [-0.2, -0.15) is 0 Å². The largest absolute Gasteiger partial charge is 0.464 e. The maximum absolute atomic E-state index is 11.6. The quantitative estimate of drug-likeness (QED) is 0.830. The van der Waals surface area contributed by atoms with Gasteiger partial charge in [0, 0.05) is 25.5 Å². The molecule has 2 N–H and O–H groups in total. The zero-order valence-corrected chi connectivity index (χ0v) is 11.5. The Kier molecular flexibility index (Phi) is 4.42. The van der Waals surface area contributed by atoms with Gasteiger partial charge >= 0.3 is 5.97 Å². The Bertz CT molecular complexity index is 450. The van der Waals surface area contributed by atoms with E-state index in [0.29, 0.717) is 11.7 Å². The Morgan fingerprint density at radius 1 is 1.63 bits per heavy atom. The topological polar surface area (TPSA) is 79.4 Å². The standard InChI is InChI=1S/C13H21N3O3/c1-3-10-15-11(13(17)18-2)12(14)16(10)7-9-5-4-6-19-8-9/h9H,3-8,14H2,1-2H3. The summed E-state index contributed by atoms with van der Waals surface area (Å²) in [7, 11) is 1.33. The Balaban J connectivity index is 2.22. The molecule has 106 valence electrons. The molecular weight excluding hydrogens is 246 g/mol. The van der Waals surface area contributed by atoms with Gasteiger partial charge in [-0.15, -0.1) is 0 Å². The second kappa shape index (κ2) is 6.06. The third-order valence-electron chi connectivity index (χ3n) is 3.48. The summed E-state index contributed by atoms with van der Waals surface area (Å²) in [6.45, 7) is 4.33. The number of methoxy groups -OCH3 is 1. The van der Waals surface area contributed by atoms with E-state index in [2.05, 4.69) is 4.98 Å². The fourth-order valence-electron chi connectivity index (χ4n) is 2.44. The van der Waals surface area contributed by atoms with E-state index in [0.717, 1.165) is 44.8 Å². The van der Waals surface area contributed by atoms with Crippen LogP contribution in [0.15, 0.2) is 0 Å². The molecule has 19 heavy (non-hydrogen) atoms. The maximum Gasteiger partial charge on any atom is 0.360 e. The zero-order chi connectivity index (χ0) is 13.8.